The smallest absolute Gasteiger partial charge is 0.200 e. The normalized spacial score (nSPS) is 16.5. The van der Waals surface area contributed by atoms with Crippen molar-refractivity contribution < 1.29 is 18.7 Å². The van der Waals surface area contributed by atoms with Crippen LogP contribution in [0.25, 0.3) is 0 Å². The highest BCUT2D eigenvalue weighted by Crippen LogP contribution is 2.47. The second-order valence-electron chi connectivity index (χ2n) is 14.4. The van der Waals surface area contributed by atoms with Crippen LogP contribution in [0.1, 0.15) is 109 Å². The molecule has 0 radical (unpaired) electrons. The second kappa shape index (κ2) is 17.0. The van der Waals surface area contributed by atoms with Crippen LogP contribution >= 0.6 is 0 Å². The molecular formula is C34H66O4Si2. The van der Waals surface area contributed by atoms with Crippen molar-refractivity contribution in [3.05, 3.63) is 35.9 Å². The molecular weight excluding hydrogens is 529 g/mol. The minimum atomic E-state index is -2.22. The Morgan fingerprint density at radius 1 is 0.625 bits per heavy atom. The number of hydrogen-bond acceptors (Lipinski definition) is 4. The summed E-state index contributed by atoms with van der Waals surface area (Å²) in [5.74, 6) is 0.292. The molecule has 0 fully saturated rings. The van der Waals surface area contributed by atoms with Crippen molar-refractivity contribution in [1.29, 1.82) is 0 Å². The number of benzene rings is 1. The van der Waals surface area contributed by atoms with Gasteiger partial charge >= 0.3 is 0 Å². The topological polar surface area (TPSA) is 47.9 Å². The lowest BCUT2D eigenvalue weighted by atomic mass is 9.94. The molecule has 4 nitrogen and oxygen atoms in total. The van der Waals surface area contributed by atoms with Crippen molar-refractivity contribution in [3.8, 4) is 0 Å². The molecule has 0 aromatic heterocycles. The van der Waals surface area contributed by atoms with Crippen molar-refractivity contribution in [2.45, 2.75) is 155 Å². The molecule has 0 heterocycles. The van der Waals surface area contributed by atoms with E-state index >= 15 is 0 Å². The first-order chi connectivity index (χ1) is 18.6. The minimum absolute atomic E-state index is 0.0838. The second-order valence-corrected chi connectivity index (χ2v) is 25.2. The highest BCUT2D eigenvalue weighted by atomic mass is 28.4. The molecule has 0 aliphatic carbocycles. The molecule has 0 spiro atoms. The third-order valence-corrected chi connectivity index (χ3v) is 21.7. The molecule has 0 saturated heterocycles. The molecule has 0 aliphatic rings. The molecule has 0 amide bonds. The molecule has 40 heavy (non-hydrogen) atoms. The predicted octanol–water partition coefficient (Wildman–Crippen LogP) is 9.98. The summed E-state index contributed by atoms with van der Waals surface area (Å²) < 4.78 is 21.6. The van der Waals surface area contributed by atoms with Gasteiger partial charge in [0, 0.05) is 12.5 Å². The maximum absolute atomic E-state index is 10.2. The van der Waals surface area contributed by atoms with E-state index in [4.69, 9.17) is 13.6 Å². The van der Waals surface area contributed by atoms with Crippen LogP contribution in [0, 0.1) is 11.8 Å². The highest BCUT2D eigenvalue weighted by molar-refractivity contribution is 6.78. The monoisotopic (exact) mass is 594 g/mol. The van der Waals surface area contributed by atoms with Gasteiger partial charge in [-0.1, -0.05) is 127 Å². The predicted molar refractivity (Wildman–Crippen MR) is 178 cm³/mol. The Labute approximate surface area is 251 Å². The summed E-state index contributed by atoms with van der Waals surface area (Å²) in [6.45, 7) is 34.1. The van der Waals surface area contributed by atoms with Crippen LogP contribution in [-0.2, 0) is 20.2 Å². The van der Waals surface area contributed by atoms with E-state index in [0.717, 1.165) is 6.42 Å². The molecule has 0 saturated carbocycles. The molecule has 1 aromatic carbocycles. The van der Waals surface area contributed by atoms with Gasteiger partial charge in [-0.3, -0.25) is 0 Å². The zero-order valence-corrected chi connectivity index (χ0v) is 30.7. The summed E-state index contributed by atoms with van der Waals surface area (Å²) in [4.78, 5) is 0. The van der Waals surface area contributed by atoms with Crippen molar-refractivity contribution in [1.82, 2.24) is 0 Å². The molecule has 6 heteroatoms. The average Bonchev–Trinajstić information content (AvgIpc) is 2.86. The van der Waals surface area contributed by atoms with Crippen LogP contribution in [0.5, 0.6) is 0 Å². The lowest BCUT2D eigenvalue weighted by Crippen LogP contribution is -2.58. The van der Waals surface area contributed by atoms with Gasteiger partial charge in [0.05, 0.1) is 25.4 Å². The van der Waals surface area contributed by atoms with Crippen molar-refractivity contribution in [2.75, 3.05) is 13.2 Å². The van der Waals surface area contributed by atoms with Crippen LogP contribution in [0.15, 0.2) is 30.3 Å². The van der Waals surface area contributed by atoms with E-state index in [1.165, 1.54) is 5.56 Å². The zero-order valence-electron chi connectivity index (χ0n) is 28.7. The van der Waals surface area contributed by atoms with Gasteiger partial charge in [-0.25, -0.2) is 0 Å². The fourth-order valence-electron chi connectivity index (χ4n) is 7.63. The summed E-state index contributed by atoms with van der Waals surface area (Å²) in [6.07, 6.45) is 0.621. The van der Waals surface area contributed by atoms with Crippen LogP contribution in [0.3, 0.4) is 0 Å². The molecule has 234 valence electrons. The van der Waals surface area contributed by atoms with E-state index < -0.39 is 16.6 Å². The van der Waals surface area contributed by atoms with Crippen LogP contribution in [0.2, 0.25) is 33.2 Å². The quantitative estimate of drug-likeness (QED) is 0.162. The third-order valence-electron chi connectivity index (χ3n) is 9.48. The summed E-state index contributed by atoms with van der Waals surface area (Å²) in [7, 11) is -4.43. The van der Waals surface area contributed by atoms with E-state index in [1.807, 2.05) is 6.07 Å². The van der Waals surface area contributed by atoms with Gasteiger partial charge in [-0.2, -0.15) is 0 Å². The number of ether oxygens (including phenoxy) is 1. The molecule has 1 rings (SSSR count). The summed E-state index contributed by atoms with van der Waals surface area (Å²) in [6, 6.07) is 10.4. The number of aliphatic hydroxyl groups is 1. The Balaban J connectivity index is 3.64. The Morgan fingerprint density at radius 2 is 1.05 bits per heavy atom. The Bertz CT molecular complexity index is 766. The maximum Gasteiger partial charge on any atom is 0.200 e. The van der Waals surface area contributed by atoms with Gasteiger partial charge in [0.15, 0.2) is 0 Å². The summed E-state index contributed by atoms with van der Waals surface area (Å²) in [5, 5.41) is 10.2. The van der Waals surface area contributed by atoms with Crippen molar-refractivity contribution in [2.24, 2.45) is 11.8 Å². The Hall–Kier alpha value is -0.506. The first kappa shape index (κ1) is 37.5. The molecule has 0 aliphatic heterocycles. The van der Waals surface area contributed by atoms with Gasteiger partial charge in [0.2, 0.25) is 16.6 Å². The van der Waals surface area contributed by atoms with E-state index in [9.17, 15) is 5.11 Å². The van der Waals surface area contributed by atoms with Crippen LogP contribution in [-0.4, -0.2) is 47.2 Å². The number of rotatable bonds is 19. The van der Waals surface area contributed by atoms with E-state index in [2.05, 4.69) is 121 Å². The van der Waals surface area contributed by atoms with Crippen LogP contribution in [0.4, 0.5) is 0 Å². The van der Waals surface area contributed by atoms with Crippen LogP contribution < -0.4 is 0 Å². The highest BCUT2D eigenvalue weighted by Gasteiger charge is 2.52. The Morgan fingerprint density at radius 3 is 1.45 bits per heavy atom. The number of hydrogen-bond donors (Lipinski definition) is 1. The third kappa shape index (κ3) is 9.24. The van der Waals surface area contributed by atoms with Gasteiger partial charge in [0.1, 0.15) is 0 Å². The van der Waals surface area contributed by atoms with E-state index in [1.54, 1.807) is 0 Å². The zero-order chi connectivity index (χ0) is 30.8. The largest absolute Gasteiger partial charge is 0.411 e. The molecule has 4 atom stereocenters. The summed E-state index contributed by atoms with van der Waals surface area (Å²) in [5.41, 5.74) is 4.06. The first-order valence-corrected chi connectivity index (χ1v) is 20.4. The SMILES string of the molecule is CC(C)[Si](O[C@H]([C@H](C[C@H](C)CO)O[Si](C(C)C)(C(C)C)C(C)C)[C@@H](C)COCc1ccccc1)(C(C)C)C(C)C. The molecule has 0 unspecified atom stereocenters. The lowest BCUT2D eigenvalue weighted by molar-refractivity contribution is -0.0412. The maximum atomic E-state index is 10.2. The fraction of sp³-hybridized carbons (Fsp3) is 0.824. The Kier molecular flexibility index (Phi) is 15.9. The van der Waals surface area contributed by atoms with Gasteiger partial charge in [-0.05, 0) is 51.1 Å². The first-order valence-electron chi connectivity index (χ1n) is 16.2. The van der Waals surface area contributed by atoms with Crippen molar-refractivity contribution in [3.63, 3.8) is 0 Å². The van der Waals surface area contributed by atoms with Gasteiger partial charge in [-0.15, -0.1) is 0 Å². The number of aliphatic hydroxyl groups excluding tert-OH is 1. The summed E-state index contributed by atoms with van der Waals surface area (Å²) >= 11 is 0. The standard InChI is InChI=1S/C34H66O4Si2/c1-24(2)39(25(3)4,26(5)6)37-33(20-30(13)21-35)34(38-40(27(7)8,28(9)10)29(11)12)31(14)22-36-23-32-18-16-15-17-19-32/h15-19,24-31,33-35H,20-23H2,1-14H3/t30-,31-,33-,34-/m0/s1. The van der Waals surface area contributed by atoms with E-state index in [0.29, 0.717) is 46.5 Å². The van der Waals surface area contributed by atoms with Crippen molar-refractivity contribution >= 4 is 16.6 Å². The molecule has 0 bridgehead atoms. The van der Waals surface area contributed by atoms with Gasteiger partial charge < -0.3 is 18.7 Å². The fourth-order valence-corrected chi connectivity index (χ4v) is 18.9. The molecule has 1 N–H and O–H groups in total. The molecule has 1 aromatic rings. The minimum Gasteiger partial charge on any atom is -0.411 e. The van der Waals surface area contributed by atoms with Gasteiger partial charge in [0.25, 0.3) is 0 Å². The van der Waals surface area contributed by atoms with E-state index in [-0.39, 0.29) is 30.7 Å². The lowest BCUT2D eigenvalue weighted by Gasteiger charge is -2.51. The average molecular weight is 595 g/mol.